The summed E-state index contributed by atoms with van der Waals surface area (Å²) in [6.45, 7) is 1.61. The maximum Gasteiger partial charge on any atom is 0.329 e. The van der Waals surface area contributed by atoms with Crippen LogP contribution in [0.25, 0.3) is 0 Å². The second-order valence-corrected chi connectivity index (χ2v) is 2.80. The van der Waals surface area contributed by atoms with Gasteiger partial charge in [0.25, 0.3) is 0 Å². The Morgan fingerprint density at radius 2 is 2.33 bits per heavy atom. The zero-order chi connectivity index (χ0) is 9.30. The Morgan fingerprint density at radius 3 is 2.75 bits per heavy atom. The van der Waals surface area contributed by atoms with Crippen molar-refractivity contribution >= 4 is 11.9 Å². The number of hydrogen-bond acceptors (Lipinski definition) is 3. The fraction of sp³-hybridized carbons (Fsp3) is 0.714. The molecule has 12 heavy (non-hydrogen) atoms. The van der Waals surface area contributed by atoms with E-state index >= 15 is 0 Å². The quantitative estimate of drug-likeness (QED) is 0.570. The molecule has 1 rings (SSSR count). The molecule has 1 amide bonds. The lowest BCUT2D eigenvalue weighted by atomic mass is 10.1. The highest BCUT2D eigenvalue weighted by molar-refractivity contribution is 5.85. The second kappa shape index (κ2) is 3.10. The molecule has 0 saturated carbocycles. The fourth-order valence-electron chi connectivity index (χ4n) is 1.23. The number of hydrogen-bond donors (Lipinski definition) is 1. The van der Waals surface area contributed by atoms with Gasteiger partial charge >= 0.3 is 5.97 Å². The van der Waals surface area contributed by atoms with Crippen molar-refractivity contribution in [2.75, 3.05) is 13.7 Å². The van der Waals surface area contributed by atoms with Gasteiger partial charge in [-0.05, 0) is 6.92 Å². The molecule has 0 radical (unpaired) electrons. The first-order valence-electron chi connectivity index (χ1n) is 3.64. The lowest BCUT2D eigenvalue weighted by Gasteiger charge is -2.34. The van der Waals surface area contributed by atoms with Crippen molar-refractivity contribution in [2.24, 2.45) is 0 Å². The van der Waals surface area contributed by atoms with E-state index in [1.165, 1.54) is 11.9 Å². The van der Waals surface area contributed by atoms with Crippen LogP contribution in [0.4, 0.5) is 0 Å². The molecule has 0 aliphatic carbocycles. The lowest BCUT2D eigenvalue weighted by Crippen LogP contribution is -2.55. The number of nitrogens with zero attached hydrogens (tertiary/aromatic N) is 1. The Bertz CT molecular complexity index is 215. The van der Waals surface area contributed by atoms with Crippen LogP contribution in [0.15, 0.2) is 0 Å². The van der Waals surface area contributed by atoms with Gasteiger partial charge in [-0.1, -0.05) is 0 Å². The minimum Gasteiger partial charge on any atom is -0.480 e. The fourth-order valence-corrected chi connectivity index (χ4v) is 1.23. The number of carboxylic acid groups (broad SMARTS) is 1. The van der Waals surface area contributed by atoms with Crippen LogP contribution in [-0.2, 0) is 14.3 Å². The van der Waals surface area contributed by atoms with Crippen LogP contribution in [0.1, 0.15) is 6.92 Å². The first-order chi connectivity index (χ1) is 5.54. The van der Waals surface area contributed by atoms with Gasteiger partial charge < -0.3 is 14.7 Å². The SMILES string of the molecule is CC1OCC(=O)N(C)C1C(=O)O. The molecular formula is C7H11NO4. The summed E-state index contributed by atoms with van der Waals surface area (Å²) in [6.07, 6.45) is -0.440. The summed E-state index contributed by atoms with van der Waals surface area (Å²) in [5.74, 6) is -1.32. The molecule has 0 aromatic carbocycles. The molecule has 2 atom stereocenters. The molecule has 1 aliphatic heterocycles. The van der Waals surface area contributed by atoms with Crippen LogP contribution < -0.4 is 0 Å². The third kappa shape index (κ3) is 1.40. The number of amides is 1. The third-order valence-corrected chi connectivity index (χ3v) is 1.98. The summed E-state index contributed by atoms with van der Waals surface area (Å²) in [5, 5.41) is 8.72. The van der Waals surface area contributed by atoms with Crippen molar-refractivity contribution in [3.05, 3.63) is 0 Å². The molecular weight excluding hydrogens is 162 g/mol. The number of likely N-dealkylation sites (N-methyl/N-ethyl adjacent to an activating group) is 1. The summed E-state index contributed by atoms with van der Waals surface area (Å²) in [4.78, 5) is 22.8. The molecule has 1 fully saturated rings. The highest BCUT2D eigenvalue weighted by Gasteiger charge is 2.36. The van der Waals surface area contributed by atoms with E-state index in [9.17, 15) is 9.59 Å². The Kier molecular flexibility index (Phi) is 2.32. The van der Waals surface area contributed by atoms with Crippen molar-refractivity contribution in [3.63, 3.8) is 0 Å². The van der Waals surface area contributed by atoms with E-state index in [0.717, 1.165) is 0 Å². The molecule has 0 aromatic rings. The van der Waals surface area contributed by atoms with Crippen LogP contribution in [-0.4, -0.2) is 47.7 Å². The van der Waals surface area contributed by atoms with Gasteiger partial charge in [0.1, 0.15) is 6.61 Å². The minimum absolute atomic E-state index is 0.0263. The molecule has 5 heteroatoms. The minimum atomic E-state index is -1.03. The molecule has 0 spiro atoms. The van der Waals surface area contributed by atoms with Gasteiger partial charge in [-0.25, -0.2) is 4.79 Å². The number of carboxylic acids is 1. The van der Waals surface area contributed by atoms with Gasteiger partial charge in [-0.2, -0.15) is 0 Å². The second-order valence-electron chi connectivity index (χ2n) is 2.80. The largest absolute Gasteiger partial charge is 0.480 e. The van der Waals surface area contributed by atoms with E-state index in [1.807, 2.05) is 0 Å². The van der Waals surface area contributed by atoms with Gasteiger partial charge in [0.15, 0.2) is 6.04 Å². The smallest absolute Gasteiger partial charge is 0.329 e. The number of carbonyl (C=O) groups is 2. The number of ether oxygens (including phenoxy) is 1. The van der Waals surface area contributed by atoms with Crippen LogP contribution in [0.5, 0.6) is 0 Å². The summed E-state index contributed by atoms with van der Waals surface area (Å²) in [6, 6.07) is -0.855. The summed E-state index contributed by atoms with van der Waals surface area (Å²) < 4.78 is 4.96. The van der Waals surface area contributed by atoms with Gasteiger partial charge in [0.05, 0.1) is 6.10 Å². The molecule has 0 aromatic heterocycles. The monoisotopic (exact) mass is 173 g/mol. The van der Waals surface area contributed by atoms with E-state index in [4.69, 9.17) is 9.84 Å². The maximum absolute atomic E-state index is 11.0. The van der Waals surface area contributed by atoms with Gasteiger partial charge in [0.2, 0.25) is 5.91 Å². The van der Waals surface area contributed by atoms with E-state index < -0.39 is 18.1 Å². The Hall–Kier alpha value is -1.10. The van der Waals surface area contributed by atoms with Crippen LogP contribution in [0.2, 0.25) is 0 Å². The van der Waals surface area contributed by atoms with Crippen LogP contribution in [0.3, 0.4) is 0 Å². The Balaban J connectivity index is 2.78. The van der Waals surface area contributed by atoms with E-state index in [1.54, 1.807) is 6.92 Å². The molecule has 1 N–H and O–H groups in total. The van der Waals surface area contributed by atoms with Crippen LogP contribution in [0, 0.1) is 0 Å². The molecule has 0 bridgehead atoms. The van der Waals surface area contributed by atoms with Crippen LogP contribution >= 0.6 is 0 Å². The van der Waals surface area contributed by atoms with Crippen molar-refractivity contribution in [2.45, 2.75) is 19.1 Å². The van der Waals surface area contributed by atoms with Crippen molar-refractivity contribution in [1.29, 1.82) is 0 Å². The molecule has 1 aliphatic rings. The van der Waals surface area contributed by atoms with Gasteiger partial charge in [-0.3, -0.25) is 4.79 Å². The van der Waals surface area contributed by atoms with E-state index in [0.29, 0.717) is 0 Å². The summed E-state index contributed by atoms with van der Waals surface area (Å²) in [5.41, 5.74) is 0. The molecule has 1 heterocycles. The van der Waals surface area contributed by atoms with Crippen molar-refractivity contribution < 1.29 is 19.4 Å². The number of rotatable bonds is 1. The molecule has 5 nitrogen and oxygen atoms in total. The standard InChI is InChI=1S/C7H11NO4/c1-4-6(7(10)11)8(2)5(9)3-12-4/h4,6H,3H2,1-2H3,(H,10,11). The van der Waals surface area contributed by atoms with E-state index in [-0.39, 0.29) is 12.5 Å². The topological polar surface area (TPSA) is 66.8 Å². The normalized spacial score (nSPS) is 30.5. The zero-order valence-corrected chi connectivity index (χ0v) is 6.98. The Morgan fingerprint density at radius 1 is 1.75 bits per heavy atom. The Labute approximate surface area is 69.9 Å². The van der Waals surface area contributed by atoms with Gasteiger partial charge in [-0.15, -0.1) is 0 Å². The lowest BCUT2D eigenvalue weighted by molar-refractivity contribution is -0.167. The van der Waals surface area contributed by atoms with E-state index in [2.05, 4.69) is 0 Å². The molecule has 1 saturated heterocycles. The maximum atomic E-state index is 11.0. The summed E-state index contributed by atoms with van der Waals surface area (Å²) in [7, 11) is 1.47. The highest BCUT2D eigenvalue weighted by Crippen LogP contribution is 2.12. The molecule has 2 unspecified atom stereocenters. The first-order valence-corrected chi connectivity index (χ1v) is 3.64. The summed E-state index contributed by atoms with van der Waals surface area (Å²) >= 11 is 0. The number of morpholine rings is 1. The number of aliphatic carboxylic acids is 1. The predicted octanol–water partition coefficient (Wildman–Crippen LogP) is -0.683. The first kappa shape index (κ1) is 8.99. The zero-order valence-electron chi connectivity index (χ0n) is 6.98. The predicted molar refractivity (Wildman–Crippen MR) is 39.6 cm³/mol. The van der Waals surface area contributed by atoms with Crippen molar-refractivity contribution in [3.8, 4) is 0 Å². The average molecular weight is 173 g/mol. The third-order valence-electron chi connectivity index (χ3n) is 1.98. The van der Waals surface area contributed by atoms with Gasteiger partial charge in [0, 0.05) is 7.05 Å². The average Bonchev–Trinajstić information content (AvgIpc) is 1.97. The van der Waals surface area contributed by atoms with Crippen molar-refractivity contribution in [1.82, 2.24) is 4.90 Å². The molecule has 68 valence electrons. The highest BCUT2D eigenvalue weighted by atomic mass is 16.5. The number of carbonyl (C=O) groups excluding carboxylic acids is 1.